The van der Waals surface area contributed by atoms with Gasteiger partial charge in [0.1, 0.15) is 11.5 Å². The number of piperazine rings is 1. The molecule has 2 aromatic rings. The molecule has 1 heterocycles. The number of para-hydroxylation sites is 2. The normalized spacial score (nSPS) is 15.8. The van der Waals surface area contributed by atoms with E-state index in [1.54, 1.807) is 31.4 Å². The van der Waals surface area contributed by atoms with E-state index in [0.29, 0.717) is 36.8 Å². The van der Waals surface area contributed by atoms with Crippen molar-refractivity contribution in [2.45, 2.75) is 24.8 Å². The van der Waals surface area contributed by atoms with E-state index < -0.39 is 10.0 Å². The minimum absolute atomic E-state index is 0.0514. The summed E-state index contributed by atoms with van der Waals surface area (Å²) in [4.78, 5) is 2.45. The van der Waals surface area contributed by atoms with Crippen molar-refractivity contribution in [3.63, 3.8) is 0 Å². The Balaban J connectivity index is 1.69. The van der Waals surface area contributed by atoms with Crippen LogP contribution in [-0.4, -0.2) is 52.1 Å². The van der Waals surface area contributed by atoms with Crippen LogP contribution < -0.4 is 14.4 Å². The molecule has 3 rings (SSSR count). The van der Waals surface area contributed by atoms with Gasteiger partial charge in [-0.1, -0.05) is 12.1 Å². The number of ether oxygens (including phenoxy) is 2. The molecule has 1 aliphatic heterocycles. The standard InChI is InChI=1S/C20H26N2O4S/c1-16(2)26-17-8-10-18(11-9-17)27(23,24)22-14-12-21(13-15-22)19-6-4-5-7-20(19)25-3/h4-11,16H,12-15H2,1-3H3. The lowest BCUT2D eigenvalue weighted by Gasteiger charge is -2.35. The van der Waals surface area contributed by atoms with Gasteiger partial charge in [0.25, 0.3) is 0 Å². The van der Waals surface area contributed by atoms with Crippen LogP contribution >= 0.6 is 0 Å². The smallest absolute Gasteiger partial charge is 0.243 e. The molecule has 1 fully saturated rings. The average Bonchev–Trinajstić information content (AvgIpc) is 2.68. The van der Waals surface area contributed by atoms with E-state index in [2.05, 4.69) is 4.90 Å². The van der Waals surface area contributed by atoms with Gasteiger partial charge in [-0.15, -0.1) is 0 Å². The zero-order valence-corrected chi connectivity index (χ0v) is 16.8. The van der Waals surface area contributed by atoms with Crippen LogP contribution in [-0.2, 0) is 10.0 Å². The van der Waals surface area contributed by atoms with Crippen molar-refractivity contribution in [2.75, 3.05) is 38.2 Å². The molecule has 0 N–H and O–H groups in total. The Morgan fingerprint density at radius 2 is 1.56 bits per heavy atom. The van der Waals surface area contributed by atoms with Crippen LogP contribution in [0.3, 0.4) is 0 Å². The summed E-state index contributed by atoms with van der Waals surface area (Å²) in [7, 11) is -1.86. The predicted octanol–water partition coefficient (Wildman–Crippen LogP) is 2.99. The highest BCUT2D eigenvalue weighted by Gasteiger charge is 2.29. The van der Waals surface area contributed by atoms with Gasteiger partial charge in [0.2, 0.25) is 10.0 Å². The highest BCUT2D eigenvalue weighted by atomic mass is 32.2. The van der Waals surface area contributed by atoms with E-state index in [0.717, 1.165) is 11.4 Å². The minimum Gasteiger partial charge on any atom is -0.495 e. The molecule has 146 valence electrons. The molecule has 0 spiro atoms. The first-order valence-electron chi connectivity index (χ1n) is 9.06. The van der Waals surface area contributed by atoms with Gasteiger partial charge in [-0.3, -0.25) is 0 Å². The van der Waals surface area contributed by atoms with Crippen LogP contribution in [0.25, 0.3) is 0 Å². The third kappa shape index (κ3) is 4.36. The predicted molar refractivity (Wildman–Crippen MR) is 106 cm³/mol. The van der Waals surface area contributed by atoms with Crippen LogP contribution in [0.1, 0.15) is 13.8 Å². The van der Waals surface area contributed by atoms with Crippen molar-refractivity contribution in [2.24, 2.45) is 0 Å². The molecule has 0 aliphatic carbocycles. The zero-order chi connectivity index (χ0) is 19.4. The van der Waals surface area contributed by atoms with Crippen LogP contribution in [0, 0.1) is 0 Å². The van der Waals surface area contributed by atoms with E-state index >= 15 is 0 Å². The summed E-state index contributed by atoms with van der Waals surface area (Å²) in [6.07, 6.45) is 0.0514. The molecular weight excluding hydrogens is 364 g/mol. The molecule has 0 atom stereocenters. The van der Waals surface area contributed by atoms with Gasteiger partial charge in [-0.25, -0.2) is 8.42 Å². The number of sulfonamides is 1. The molecule has 0 bridgehead atoms. The van der Waals surface area contributed by atoms with Crippen molar-refractivity contribution in [1.29, 1.82) is 0 Å². The molecule has 0 unspecified atom stereocenters. The molecule has 0 amide bonds. The number of nitrogens with zero attached hydrogens (tertiary/aromatic N) is 2. The minimum atomic E-state index is -3.51. The molecule has 1 saturated heterocycles. The molecule has 0 radical (unpaired) electrons. The summed E-state index contributed by atoms with van der Waals surface area (Å²) < 4.78 is 38.4. The van der Waals surface area contributed by atoms with Crippen LogP contribution in [0.2, 0.25) is 0 Å². The Morgan fingerprint density at radius 3 is 2.15 bits per heavy atom. The Bertz CT molecular complexity index is 858. The molecule has 7 heteroatoms. The zero-order valence-electron chi connectivity index (χ0n) is 16.0. The fourth-order valence-corrected chi connectivity index (χ4v) is 4.59. The number of hydrogen-bond donors (Lipinski definition) is 0. The number of methoxy groups -OCH3 is 1. The van der Waals surface area contributed by atoms with Gasteiger partial charge in [0, 0.05) is 26.2 Å². The lowest BCUT2D eigenvalue weighted by molar-refractivity contribution is 0.242. The first kappa shape index (κ1) is 19.5. The molecule has 1 aliphatic rings. The highest BCUT2D eigenvalue weighted by molar-refractivity contribution is 7.89. The Kier molecular flexibility index (Phi) is 5.92. The Labute approximate surface area is 161 Å². The monoisotopic (exact) mass is 390 g/mol. The lowest BCUT2D eigenvalue weighted by Crippen LogP contribution is -2.48. The van der Waals surface area contributed by atoms with Gasteiger partial charge in [-0.05, 0) is 50.2 Å². The van der Waals surface area contributed by atoms with E-state index in [1.165, 1.54) is 4.31 Å². The Morgan fingerprint density at radius 1 is 0.926 bits per heavy atom. The maximum Gasteiger partial charge on any atom is 0.243 e. The Hall–Kier alpha value is -2.25. The molecule has 27 heavy (non-hydrogen) atoms. The average molecular weight is 391 g/mol. The largest absolute Gasteiger partial charge is 0.495 e. The summed E-state index contributed by atoms with van der Waals surface area (Å²) in [6.45, 7) is 5.98. The highest BCUT2D eigenvalue weighted by Crippen LogP contribution is 2.29. The van der Waals surface area contributed by atoms with Crippen LogP contribution in [0.4, 0.5) is 5.69 Å². The second kappa shape index (κ2) is 8.19. The van der Waals surface area contributed by atoms with Gasteiger partial charge in [0.15, 0.2) is 0 Å². The summed E-state index contributed by atoms with van der Waals surface area (Å²) >= 11 is 0. The SMILES string of the molecule is COc1ccccc1N1CCN(S(=O)(=O)c2ccc(OC(C)C)cc2)CC1. The third-order valence-electron chi connectivity index (χ3n) is 4.50. The quantitative estimate of drug-likeness (QED) is 0.759. The van der Waals surface area contributed by atoms with Gasteiger partial charge < -0.3 is 14.4 Å². The first-order valence-corrected chi connectivity index (χ1v) is 10.5. The van der Waals surface area contributed by atoms with Gasteiger partial charge in [0.05, 0.1) is 23.8 Å². The van der Waals surface area contributed by atoms with Crippen LogP contribution in [0.15, 0.2) is 53.4 Å². The second-order valence-corrected chi connectivity index (χ2v) is 8.64. The first-order chi connectivity index (χ1) is 12.9. The maximum absolute atomic E-state index is 12.9. The maximum atomic E-state index is 12.9. The fraction of sp³-hybridized carbons (Fsp3) is 0.400. The van der Waals surface area contributed by atoms with Gasteiger partial charge >= 0.3 is 0 Å². The molecule has 6 nitrogen and oxygen atoms in total. The number of rotatable bonds is 6. The second-order valence-electron chi connectivity index (χ2n) is 6.70. The van der Waals surface area contributed by atoms with E-state index in [4.69, 9.17) is 9.47 Å². The topological polar surface area (TPSA) is 59.1 Å². The van der Waals surface area contributed by atoms with E-state index in [9.17, 15) is 8.42 Å². The summed E-state index contributed by atoms with van der Waals surface area (Å²) in [5.41, 5.74) is 0.993. The molecular formula is C20H26N2O4S. The van der Waals surface area contributed by atoms with E-state index in [1.807, 2.05) is 38.1 Å². The van der Waals surface area contributed by atoms with Gasteiger partial charge in [-0.2, -0.15) is 4.31 Å². The van der Waals surface area contributed by atoms with Crippen molar-refractivity contribution < 1.29 is 17.9 Å². The van der Waals surface area contributed by atoms with Crippen molar-refractivity contribution in [3.8, 4) is 11.5 Å². The van der Waals surface area contributed by atoms with Crippen molar-refractivity contribution >= 4 is 15.7 Å². The molecule has 0 saturated carbocycles. The van der Waals surface area contributed by atoms with Crippen molar-refractivity contribution in [1.82, 2.24) is 4.31 Å². The molecule has 2 aromatic carbocycles. The summed E-state index contributed by atoms with van der Waals surface area (Å²) in [5.74, 6) is 1.47. The molecule has 0 aromatic heterocycles. The number of anilines is 1. The van der Waals surface area contributed by atoms with Crippen molar-refractivity contribution in [3.05, 3.63) is 48.5 Å². The third-order valence-corrected chi connectivity index (χ3v) is 6.41. The number of benzene rings is 2. The number of hydrogen-bond acceptors (Lipinski definition) is 5. The lowest BCUT2D eigenvalue weighted by atomic mass is 10.2. The van der Waals surface area contributed by atoms with E-state index in [-0.39, 0.29) is 6.10 Å². The summed E-state index contributed by atoms with van der Waals surface area (Å²) in [5, 5.41) is 0. The fourth-order valence-electron chi connectivity index (χ4n) is 3.17. The van der Waals surface area contributed by atoms with Crippen LogP contribution in [0.5, 0.6) is 11.5 Å². The summed E-state index contributed by atoms with van der Waals surface area (Å²) in [6, 6.07) is 14.4.